The van der Waals surface area contributed by atoms with Crippen LogP contribution in [0.5, 0.6) is 0 Å². The summed E-state index contributed by atoms with van der Waals surface area (Å²) in [5.41, 5.74) is 0.909. The zero-order valence-electron chi connectivity index (χ0n) is 15.2. The van der Waals surface area contributed by atoms with E-state index in [4.69, 9.17) is 9.47 Å². The molecule has 6 nitrogen and oxygen atoms in total. The number of rotatable bonds is 0. The van der Waals surface area contributed by atoms with Gasteiger partial charge in [0.2, 0.25) is 5.79 Å². The number of carbonyl (C=O) groups excluding carboxylic acids is 2. The Morgan fingerprint density at radius 1 is 1.04 bits per heavy atom. The Morgan fingerprint density at radius 3 is 2.35 bits per heavy atom. The highest BCUT2D eigenvalue weighted by molar-refractivity contribution is 6.05. The van der Waals surface area contributed by atoms with Gasteiger partial charge in [0.15, 0.2) is 11.4 Å². The third kappa shape index (κ3) is 2.55. The van der Waals surface area contributed by atoms with E-state index in [-0.39, 0.29) is 30.8 Å². The molecule has 0 bridgehead atoms. The summed E-state index contributed by atoms with van der Waals surface area (Å²) in [6, 6.07) is 3.60. The monoisotopic (exact) mass is 360 g/mol. The molecule has 3 unspecified atom stereocenters. The third-order valence-electron chi connectivity index (χ3n) is 5.74. The topological polar surface area (TPSA) is 93.1 Å². The van der Waals surface area contributed by atoms with Crippen LogP contribution in [0.3, 0.4) is 0 Å². The summed E-state index contributed by atoms with van der Waals surface area (Å²) >= 11 is 0. The average Bonchev–Trinajstić information content (AvgIpc) is 2.51. The van der Waals surface area contributed by atoms with Gasteiger partial charge in [0, 0.05) is 24.0 Å². The van der Waals surface area contributed by atoms with E-state index < -0.39 is 23.3 Å². The molecule has 2 N–H and O–H groups in total. The molecule has 2 heterocycles. The van der Waals surface area contributed by atoms with E-state index in [0.717, 1.165) is 5.56 Å². The summed E-state index contributed by atoms with van der Waals surface area (Å²) in [7, 11) is 0. The maximum absolute atomic E-state index is 12.7. The molecule has 1 aromatic carbocycles. The number of Topliss-reactive ketones (excluding diaryl/α,β-unsaturated/α-hetero) is 2. The van der Waals surface area contributed by atoms with Gasteiger partial charge in [-0.3, -0.25) is 9.59 Å². The molecule has 1 fully saturated rings. The molecule has 0 amide bonds. The fourth-order valence-corrected chi connectivity index (χ4v) is 4.46. The molecular weight excluding hydrogens is 336 g/mol. The minimum Gasteiger partial charge on any atom is -0.389 e. The number of hydrogen-bond donors (Lipinski definition) is 2. The quantitative estimate of drug-likeness (QED) is 0.727. The lowest BCUT2D eigenvalue weighted by molar-refractivity contribution is -0.298. The van der Waals surface area contributed by atoms with Crippen LogP contribution in [0.1, 0.15) is 60.7 Å². The van der Waals surface area contributed by atoms with Crippen LogP contribution >= 0.6 is 0 Å². The van der Waals surface area contributed by atoms with Gasteiger partial charge >= 0.3 is 0 Å². The number of fused-ring (bicyclic) bond motifs is 3. The van der Waals surface area contributed by atoms with E-state index in [1.807, 2.05) is 19.9 Å². The number of aliphatic hydroxyl groups excluding tert-OH is 1. The van der Waals surface area contributed by atoms with E-state index in [2.05, 4.69) is 0 Å². The van der Waals surface area contributed by atoms with Crippen molar-refractivity contribution in [3.05, 3.63) is 34.4 Å². The molecule has 0 saturated carbocycles. The number of hydrogen-bond acceptors (Lipinski definition) is 6. The zero-order valence-corrected chi connectivity index (χ0v) is 15.2. The van der Waals surface area contributed by atoms with Crippen molar-refractivity contribution in [2.75, 3.05) is 0 Å². The van der Waals surface area contributed by atoms with Crippen molar-refractivity contribution in [1.29, 1.82) is 0 Å². The Bertz CT molecular complexity index is 798. The van der Waals surface area contributed by atoms with E-state index in [9.17, 15) is 19.8 Å². The molecule has 0 aromatic heterocycles. The number of ether oxygens (including phenoxy) is 2. The minimum absolute atomic E-state index is 0.0651. The van der Waals surface area contributed by atoms with Gasteiger partial charge in [0.1, 0.15) is 5.78 Å². The molecular formula is C20H24O6. The first-order valence-electron chi connectivity index (χ1n) is 9.11. The fourth-order valence-electron chi connectivity index (χ4n) is 4.46. The second-order valence-corrected chi connectivity index (χ2v) is 8.10. The highest BCUT2D eigenvalue weighted by Crippen LogP contribution is 2.45. The predicted molar refractivity (Wildman–Crippen MR) is 91.8 cm³/mol. The van der Waals surface area contributed by atoms with Crippen LogP contribution < -0.4 is 0 Å². The van der Waals surface area contributed by atoms with Crippen molar-refractivity contribution < 1.29 is 29.3 Å². The van der Waals surface area contributed by atoms with Crippen molar-refractivity contribution in [2.45, 2.75) is 76.2 Å². The van der Waals surface area contributed by atoms with E-state index >= 15 is 0 Å². The Hall–Kier alpha value is -1.60. The van der Waals surface area contributed by atoms with Crippen molar-refractivity contribution in [2.24, 2.45) is 0 Å². The van der Waals surface area contributed by atoms with Crippen LogP contribution in [0.15, 0.2) is 12.1 Å². The molecule has 6 heteroatoms. The van der Waals surface area contributed by atoms with Gasteiger partial charge in [0.05, 0.1) is 24.7 Å². The van der Waals surface area contributed by atoms with Gasteiger partial charge in [0.25, 0.3) is 0 Å². The Balaban J connectivity index is 1.88. The lowest BCUT2D eigenvalue weighted by Gasteiger charge is -2.46. The molecule has 1 saturated heterocycles. The number of aliphatic hydroxyl groups is 2. The largest absolute Gasteiger partial charge is 0.389 e. The first-order chi connectivity index (χ1) is 12.1. The lowest BCUT2D eigenvalue weighted by Crippen LogP contribution is -2.52. The fraction of sp³-hybridized carbons (Fsp3) is 0.600. The Morgan fingerprint density at radius 2 is 1.69 bits per heavy atom. The van der Waals surface area contributed by atoms with Crippen LogP contribution in [-0.4, -0.2) is 45.7 Å². The van der Waals surface area contributed by atoms with Gasteiger partial charge in [-0.25, -0.2) is 0 Å². The molecule has 140 valence electrons. The van der Waals surface area contributed by atoms with Crippen molar-refractivity contribution in [3.63, 3.8) is 0 Å². The molecule has 1 aromatic rings. The molecule has 26 heavy (non-hydrogen) atoms. The number of carbonyl (C=O) groups is 2. The van der Waals surface area contributed by atoms with Crippen molar-refractivity contribution in [1.82, 2.24) is 0 Å². The van der Waals surface area contributed by atoms with Crippen LogP contribution in [0.2, 0.25) is 0 Å². The summed E-state index contributed by atoms with van der Waals surface area (Å²) in [4.78, 5) is 25.0. The lowest BCUT2D eigenvalue weighted by atomic mass is 9.75. The van der Waals surface area contributed by atoms with Crippen molar-refractivity contribution in [3.8, 4) is 0 Å². The molecule has 1 spiro atoms. The summed E-state index contributed by atoms with van der Waals surface area (Å²) < 4.78 is 12.2. The maximum Gasteiger partial charge on any atom is 0.202 e. The zero-order chi connectivity index (χ0) is 18.9. The Kier molecular flexibility index (Phi) is 3.90. The second-order valence-electron chi connectivity index (χ2n) is 8.10. The van der Waals surface area contributed by atoms with Gasteiger partial charge in [-0.05, 0) is 44.4 Å². The first-order valence-corrected chi connectivity index (χ1v) is 9.11. The van der Waals surface area contributed by atoms with Crippen LogP contribution in [0.4, 0.5) is 0 Å². The van der Waals surface area contributed by atoms with E-state index in [0.29, 0.717) is 29.5 Å². The van der Waals surface area contributed by atoms with Crippen LogP contribution in [0.25, 0.3) is 0 Å². The van der Waals surface area contributed by atoms with Crippen LogP contribution in [0, 0.1) is 0 Å². The molecule has 1 aliphatic carbocycles. The highest BCUT2D eigenvalue weighted by Gasteiger charge is 2.50. The summed E-state index contributed by atoms with van der Waals surface area (Å²) in [5, 5.41) is 20.5. The number of benzene rings is 1. The summed E-state index contributed by atoms with van der Waals surface area (Å²) in [6.07, 6.45) is -0.242. The van der Waals surface area contributed by atoms with E-state index in [1.54, 1.807) is 6.07 Å². The smallest absolute Gasteiger partial charge is 0.202 e. The normalized spacial score (nSPS) is 39.7. The standard InChI is InChI=1S/C20H24O6/c1-10-4-13-6-12-7-17(22)19(3,24)18(23)15(12)8-16(13)20(25-10)9-14(21)5-11(2)26-20/h6,8,10-11,17,22,24H,4-5,7,9H2,1-3H3/t10?,11?,17-,19-,20?/m1/s1. The summed E-state index contributed by atoms with van der Waals surface area (Å²) in [6.45, 7) is 5.10. The van der Waals surface area contributed by atoms with Gasteiger partial charge in [-0.1, -0.05) is 6.07 Å². The van der Waals surface area contributed by atoms with Gasteiger partial charge in [-0.2, -0.15) is 0 Å². The second kappa shape index (κ2) is 5.70. The summed E-state index contributed by atoms with van der Waals surface area (Å²) in [5.74, 6) is -1.63. The van der Waals surface area contributed by atoms with Crippen LogP contribution in [-0.2, 0) is 32.9 Å². The number of ketones is 2. The highest BCUT2D eigenvalue weighted by atomic mass is 16.7. The average molecular weight is 360 g/mol. The molecule has 4 rings (SSSR count). The van der Waals surface area contributed by atoms with Gasteiger partial charge in [-0.15, -0.1) is 0 Å². The molecule has 5 atom stereocenters. The first kappa shape index (κ1) is 17.8. The SMILES string of the molecule is CC1CC(=O)CC2(O1)OC(C)Cc1cc3c(cc12)C(=O)[C@](C)(O)[C@H](O)C3. The molecule has 0 radical (unpaired) electrons. The third-order valence-corrected chi connectivity index (χ3v) is 5.74. The molecule has 3 aliphatic rings. The minimum atomic E-state index is -1.83. The predicted octanol–water partition coefficient (Wildman–Crippen LogP) is 1.42. The van der Waals surface area contributed by atoms with Gasteiger partial charge < -0.3 is 19.7 Å². The molecule has 2 aliphatic heterocycles. The Labute approximate surface area is 152 Å². The maximum atomic E-state index is 12.7. The van der Waals surface area contributed by atoms with E-state index in [1.165, 1.54) is 6.92 Å². The van der Waals surface area contributed by atoms with Crippen molar-refractivity contribution >= 4 is 11.6 Å².